The van der Waals surface area contributed by atoms with Gasteiger partial charge in [-0.3, -0.25) is 0 Å². The first kappa shape index (κ1) is 15.8. The second-order valence-corrected chi connectivity index (χ2v) is 6.44. The Labute approximate surface area is 146 Å². The molecule has 0 aliphatic carbocycles. The first-order valence-corrected chi connectivity index (χ1v) is 8.57. The molecule has 1 saturated heterocycles. The van der Waals surface area contributed by atoms with E-state index in [1.54, 1.807) is 0 Å². The summed E-state index contributed by atoms with van der Waals surface area (Å²) in [6.07, 6.45) is 0.502. The molecule has 2 aromatic carbocycles. The zero-order valence-electron chi connectivity index (χ0n) is 14.2. The number of benzene rings is 2. The van der Waals surface area contributed by atoms with Crippen molar-refractivity contribution in [2.45, 2.75) is 26.1 Å². The molecule has 1 aliphatic rings. The fourth-order valence-electron chi connectivity index (χ4n) is 3.21. The molecule has 3 aromatic rings. The summed E-state index contributed by atoms with van der Waals surface area (Å²) < 4.78 is 5.91. The molecule has 1 unspecified atom stereocenters. The highest BCUT2D eigenvalue weighted by molar-refractivity contribution is 5.90. The van der Waals surface area contributed by atoms with E-state index in [4.69, 9.17) is 4.74 Å². The van der Waals surface area contributed by atoms with Crippen LogP contribution in [0.2, 0.25) is 0 Å². The maximum Gasteiger partial charge on any atom is 0.140 e. The molecule has 25 heavy (non-hydrogen) atoms. The Morgan fingerprint density at radius 2 is 2.00 bits per heavy atom. The first-order chi connectivity index (χ1) is 12.2. The molecule has 1 N–H and O–H groups in total. The molecule has 1 atom stereocenters. The van der Waals surface area contributed by atoms with Crippen molar-refractivity contribution >= 4 is 16.7 Å². The molecule has 1 aliphatic heterocycles. The molecule has 0 radical (unpaired) electrons. The number of β-amino-alcohol motifs (C(OH)–C–C–N with tert-alkyl or cyclic N) is 1. The minimum Gasteiger partial charge on any atom is -0.489 e. The van der Waals surface area contributed by atoms with E-state index in [0.29, 0.717) is 13.2 Å². The number of rotatable bonds is 4. The number of hydrogen-bond acceptors (Lipinski definition) is 5. The number of anilines is 1. The lowest BCUT2D eigenvalue weighted by molar-refractivity contribution is 0.198. The average Bonchev–Trinajstić information content (AvgIpc) is 3.06. The predicted molar refractivity (Wildman–Crippen MR) is 97.9 cm³/mol. The van der Waals surface area contributed by atoms with E-state index in [0.717, 1.165) is 46.8 Å². The highest BCUT2D eigenvalue weighted by Crippen LogP contribution is 2.29. The van der Waals surface area contributed by atoms with Gasteiger partial charge in [0.1, 0.15) is 24.0 Å². The number of aromatic nitrogens is 2. The maximum absolute atomic E-state index is 9.82. The zero-order chi connectivity index (χ0) is 17.2. The van der Waals surface area contributed by atoms with Crippen LogP contribution in [0.15, 0.2) is 48.5 Å². The number of hydrogen-bond donors (Lipinski definition) is 1. The molecule has 0 spiro atoms. The van der Waals surface area contributed by atoms with Crippen molar-refractivity contribution in [1.82, 2.24) is 9.97 Å². The molecule has 0 bridgehead atoms. The van der Waals surface area contributed by atoms with Crippen LogP contribution < -0.4 is 9.64 Å². The van der Waals surface area contributed by atoms with E-state index < -0.39 is 0 Å². The third-order valence-corrected chi connectivity index (χ3v) is 4.47. The Bertz CT molecular complexity index is 883. The van der Waals surface area contributed by atoms with Gasteiger partial charge in [-0.05, 0) is 31.0 Å². The largest absolute Gasteiger partial charge is 0.489 e. The summed E-state index contributed by atoms with van der Waals surface area (Å²) in [6.45, 7) is 3.87. The van der Waals surface area contributed by atoms with Crippen molar-refractivity contribution in [2.75, 3.05) is 18.0 Å². The molecule has 128 valence electrons. The normalized spacial score (nSPS) is 17.2. The fraction of sp³-hybridized carbons (Fsp3) is 0.300. The molecule has 1 fully saturated rings. The van der Waals surface area contributed by atoms with Gasteiger partial charge in [0.25, 0.3) is 0 Å². The van der Waals surface area contributed by atoms with E-state index in [9.17, 15) is 5.11 Å². The second kappa shape index (κ2) is 6.69. The van der Waals surface area contributed by atoms with Crippen LogP contribution in [0.4, 0.5) is 5.82 Å². The Morgan fingerprint density at radius 1 is 1.16 bits per heavy atom. The highest BCUT2D eigenvalue weighted by Gasteiger charge is 2.23. The topological polar surface area (TPSA) is 58.5 Å². The van der Waals surface area contributed by atoms with Gasteiger partial charge in [0.2, 0.25) is 0 Å². The van der Waals surface area contributed by atoms with Crippen molar-refractivity contribution in [3.8, 4) is 5.75 Å². The summed E-state index contributed by atoms with van der Waals surface area (Å²) in [5.74, 6) is 2.42. The Hall–Kier alpha value is -2.66. The van der Waals surface area contributed by atoms with Gasteiger partial charge in [0.05, 0.1) is 11.6 Å². The zero-order valence-corrected chi connectivity index (χ0v) is 14.2. The number of fused-ring (bicyclic) bond motifs is 1. The van der Waals surface area contributed by atoms with Gasteiger partial charge < -0.3 is 14.7 Å². The monoisotopic (exact) mass is 335 g/mol. The molecule has 5 heteroatoms. The molecule has 0 saturated carbocycles. The third-order valence-electron chi connectivity index (χ3n) is 4.47. The number of ether oxygens (including phenoxy) is 1. The van der Waals surface area contributed by atoms with Crippen LogP contribution in [-0.2, 0) is 6.61 Å². The van der Waals surface area contributed by atoms with Gasteiger partial charge in [0.15, 0.2) is 0 Å². The summed E-state index contributed by atoms with van der Waals surface area (Å²) >= 11 is 0. The lowest BCUT2D eigenvalue weighted by Crippen LogP contribution is -2.23. The van der Waals surface area contributed by atoms with Crippen molar-refractivity contribution in [1.29, 1.82) is 0 Å². The maximum atomic E-state index is 9.82. The molecule has 5 nitrogen and oxygen atoms in total. The molecule has 0 amide bonds. The summed E-state index contributed by atoms with van der Waals surface area (Å²) in [5, 5.41) is 10.8. The summed E-state index contributed by atoms with van der Waals surface area (Å²) in [6, 6.07) is 16.0. The van der Waals surface area contributed by atoms with Crippen LogP contribution >= 0.6 is 0 Å². The number of aliphatic hydroxyl groups excluding tert-OH is 1. The van der Waals surface area contributed by atoms with Crippen LogP contribution in [0.1, 0.15) is 17.8 Å². The van der Waals surface area contributed by atoms with Gasteiger partial charge >= 0.3 is 0 Å². The van der Waals surface area contributed by atoms with E-state index >= 15 is 0 Å². The van der Waals surface area contributed by atoms with E-state index in [-0.39, 0.29) is 6.10 Å². The number of nitrogens with zero attached hydrogens (tertiary/aromatic N) is 3. The minimum atomic E-state index is -0.279. The first-order valence-electron chi connectivity index (χ1n) is 8.57. The molecular formula is C20H21N3O2. The van der Waals surface area contributed by atoms with Crippen LogP contribution in [-0.4, -0.2) is 34.3 Å². The molecule has 1 aromatic heterocycles. The average molecular weight is 335 g/mol. The van der Waals surface area contributed by atoms with Crippen molar-refractivity contribution in [3.05, 3.63) is 59.9 Å². The Balaban J connectivity index is 1.62. The number of aryl methyl sites for hydroxylation is 1. The van der Waals surface area contributed by atoms with Crippen molar-refractivity contribution in [2.24, 2.45) is 0 Å². The fourth-order valence-corrected chi connectivity index (χ4v) is 3.21. The lowest BCUT2D eigenvalue weighted by atomic mass is 10.2. The van der Waals surface area contributed by atoms with Crippen molar-refractivity contribution in [3.63, 3.8) is 0 Å². The Morgan fingerprint density at radius 3 is 2.76 bits per heavy atom. The van der Waals surface area contributed by atoms with Gasteiger partial charge in [-0.25, -0.2) is 9.97 Å². The standard InChI is InChI=1S/C20H21N3O2/c1-14-21-19-11-17(25-13-15-5-3-2-4-6-15)7-8-18(19)20(22-14)23-10-9-16(24)12-23/h2-8,11,16,24H,9-10,12-13H2,1H3. The predicted octanol–water partition coefficient (Wildman–Crippen LogP) is 3.09. The highest BCUT2D eigenvalue weighted by atomic mass is 16.5. The van der Waals surface area contributed by atoms with Crippen LogP contribution in [0.5, 0.6) is 5.75 Å². The quantitative estimate of drug-likeness (QED) is 0.794. The summed E-state index contributed by atoms with van der Waals surface area (Å²) in [4.78, 5) is 11.3. The van der Waals surface area contributed by atoms with Gasteiger partial charge in [-0.1, -0.05) is 30.3 Å². The minimum absolute atomic E-state index is 0.279. The van der Waals surface area contributed by atoms with E-state index in [2.05, 4.69) is 14.9 Å². The van der Waals surface area contributed by atoms with Crippen LogP contribution in [0, 0.1) is 6.92 Å². The smallest absolute Gasteiger partial charge is 0.140 e. The molecule has 4 rings (SSSR count). The molecular weight excluding hydrogens is 314 g/mol. The van der Waals surface area contributed by atoms with E-state index in [1.807, 2.05) is 55.5 Å². The lowest BCUT2D eigenvalue weighted by Gasteiger charge is -2.19. The second-order valence-electron chi connectivity index (χ2n) is 6.44. The summed E-state index contributed by atoms with van der Waals surface area (Å²) in [7, 11) is 0. The van der Waals surface area contributed by atoms with Crippen LogP contribution in [0.3, 0.4) is 0 Å². The third kappa shape index (κ3) is 3.42. The van der Waals surface area contributed by atoms with Gasteiger partial charge in [-0.2, -0.15) is 0 Å². The van der Waals surface area contributed by atoms with Gasteiger partial charge in [0, 0.05) is 24.5 Å². The van der Waals surface area contributed by atoms with Gasteiger partial charge in [-0.15, -0.1) is 0 Å². The number of aliphatic hydroxyl groups is 1. The van der Waals surface area contributed by atoms with E-state index in [1.165, 1.54) is 0 Å². The van der Waals surface area contributed by atoms with Crippen LogP contribution in [0.25, 0.3) is 10.9 Å². The van der Waals surface area contributed by atoms with Crippen molar-refractivity contribution < 1.29 is 9.84 Å². The molecule has 2 heterocycles. The summed E-state index contributed by atoms with van der Waals surface area (Å²) in [5.41, 5.74) is 2.00. The Kier molecular flexibility index (Phi) is 4.24. The SMILES string of the molecule is Cc1nc(N2CCC(O)C2)c2ccc(OCc3ccccc3)cc2n1.